The van der Waals surface area contributed by atoms with Gasteiger partial charge in [0.1, 0.15) is 0 Å². The van der Waals surface area contributed by atoms with Crippen LogP contribution in [0, 0.1) is 3.57 Å². The van der Waals surface area contributed by atoms with E-state index in [2.05, 4.69) is 27.7 Å². The van der Waals surface area contributed by atoms with E-state index in [0.717, 1.165) is 26.3 Å². The molecule has 0 N–H and O–H groups in total. The largest absolute Gasteiger partial charge is 0.387 e. The average molecular weight is 322 g/mol. The molecule has 0 bridgehead atoms. The molecular weight excluding hydrogens is 312 g/mol. The number of oxime groups is 1. The second-order valence-corrected chi connectivity index (χ2v) is 4.83. The van der Waals surface area contributed by atoms with Crippen molar-refractivity contribution in [2.24, 2.45) is 5.16 Å². The predicted molar refractivity (Wildman–Crippen MR) is 65.7 cm³/mol. The van der Waals surface area contributed by atoms with E-state index in [0.29, 0.717) is 0 Å². The number of hydrogen-bond acceptors (Lipinski definition) is 2. The van der Waals surface area contributed by atoms with Crippen LogP contribution in [0.25, 0.3) is 0 Å². The summed E-state index contributed by atoms with van der Waals surface area (Å²) < 4.78 is 1.13. The Kier molecular flexibility index (Phi) is 2.97. The van der Waals surface area contributed by atoms with E-state index >= 15 is 0 Å². The molecule has 0 fully saturated rings. The van der Waals surface area contributed by atoms with Gasteiger partial charge in [0, 0.05) is 20.6 Å². The molecule has 0 saturated carbocycles. The SMILES string of the molecule is CC1=NOC(c2c(Cl)cccc2I)C1. The minimum absolute atomic E-state index is 0.00407. The van der Waals surface area contributed by atoms with Crippen LogP contribution in [-0.2, 0) is 4.84 Å². The fourth-order valence-electron chi connectivity index (χ4n) is 1.47. The van der Waals surface area contributed by atoms with E-state index in [9.17, 15) is 0 Å². The molecule has 1 atom stereocenters. The van der Waals surface area contributed by atoms with E-state index < -0.39 is 0 Å². The van der Waals surface area contributed by atoms with Crippen LogP contribution in [0.1, 0.15) is 25.0 Å². The maximum Gasteiger partial charge on any atom is 0.160 e. The molecule has 14 heavy (non-hydrogen) atoms. The highest BCUT2D eigenvalue weighted by Crippen LogP contribution is 2.35. The third kappa shape index (κ3) is 1.88. The van der Waals surface area contributed by atoms with Crippen molar-refractivity contribution >= 4 is 39.9 Å². The lowest BCUT2D eigenvalue weighted by Crippen LogP contribution is -2.01. The zero-order valence-electron chi connectivity index (χ0n) is 7.63. The summed E-state index contributed by atoms with van der Waals surface area (Å²) >= 11 is 8.39. The van der Waals surface area contributed by atoms with Crippen LogP contribution in [0.5, 0.6) is 0 Å². The van der Waals surface area contributed by atoms with Crippen molar-refractivity contribution in [1.29, 1.82) is 0 Å². The first-order valence-electron chi connectivity index (χ1n) is 4.31. The van der Waals surface area contributed by atoms with Crippen molar-refractivity contribution in [1.82, 2.24) is 0 Å². The van der Waals surface area contributed by atoms with Gasteiger partial charge in [-0.3, -0.25) is 0 Å². The van der Waals surface area contributed by atoms with Gasteiger partial charge in [0.25, 0.3) is 0 Å². The highest BCUT2D eigenvalue weighted by Gasteiger charge is 2.24. The van der Waals surface area contributed by atoms with E-state index in [-0.39, 0.29) is 6.10 Å². The zero-order chi connectivity index (χ0) is 10.1. The lowest BCUT2D eigenvalue weighted by atomic mass is 10.1. The smallest absolute Gasteiger partial charge is 0.160 e. The van der Waals surface area contributed by atoms with Crippen LogP contribution in [0.4, 0.5) is 0 Å². The Hall–Kier alpha value is -0.290. The number of benzene rings is 1. The Morgan fingerprint density at radius 3 is 2.93 bits per heavy atom. The van der Waals surface area contributed by atoms with Gasteiger partial charge in [0.05, 0.1) is 5.71 Å². The number of nitrogens with zero attached hydrogens (tertiary/aromatic N) is 1. The molecule has 2 rings (SSSR count). The maximum absolute atomic E-state index is 6.12. The van der Waals surface area contributed by atoms with Gasteiger partial charge in [-0.1, -0.05) is 22.8 Å². The summed E-state index contributed by atoms with van der Waals surface area (Å²) in [4.78, 5) is 5.31. The molecule has 0 aliphatic carbocycles. The van der Waals surface area contributed by atoms with Gasteiger partial charge >= 0.3 is 0 Å². The summed E-state index contributed by atoms with van der Waals surface area (Å²) in [5.41, 5.74) is 2.07. The fraction of sp³-hybridized carbons (Fsp3) is 0.300. The van der Waals surface area contributed by atoms with Crippen molar-refractivity contribution < 1.29 is 4.84 Å². The van der Waals surface area contributed by atoms with Crippen LogP contribution < -0.4 is 0 Å². The summed E-state index contributed by atoms with van der Waals surface area (Å²) in [6, 6.07) is 5.85. The van der Waals surface area contributed by atoms with Crippen LogP contribution in [0.3, 0.4) is 0 Å². The Balaban J connectivity index is 2.33. The Morgan fingerprint density at radius 2 is 2.36 bits per heavy atom. The molecule has 2 nitrogen and oxygen atoms in total. The molecule has 0 spiro atoms. The summed E-state index contributed by atoms with van der Waals surface area (Å²) in [6.07, 6.45) is 0.829. The Bertz CT molecular complexity index is 371. The van der Waals surface area contributed by atoms with Crippen LogP contribution in [0.2, 0.25) is 5.02 Å². The van der Waals surface area contributed by atoms with E-state index in [1.807, 2.05) is 25.1 Å². The number of halogens is 2. The predicted octanol–water partition coefficient (Wildman–Crippen LogP) is 3.78. The molecule has 0 saturated heterocycles. The number of rotatable bonds is 1. The highest BCUT2D eigenvalue weighted by molar-refractivity contribution is 14.1. The van der Waals surface area contributed by atoms with Gasteiger partial charge in [-0.15, -0.1) is 0 Å². The van der Waals surface area contributed by atoms with E-state index in [1.54, 1.807) is 0 Å². The molecule has 0 amide bonds. The van der Waals surface area contributed by atoms with Gasteiger partial charge in [0.2, 0.25) is 0 Å². The lowest BCUT2D eigenvalue weighted by Gasteiger charge is -2.12. The van der Waals surface area contributed by atoms with Gasteiger partial charge in [-0.2, -0.15) is 0 Å². The third-order valence-corrected chi connectivity index (χ3v) is 3.41. The monoisotopic (exact) mass is 321 g/mol. The Morgan fingerprint density at radius 1 is 1.57 bits per heavy atom. The third-order valence-electron chi connectivity index (χ3n) is 2.14. The first-order chi connectivity index (χ1) is 6.68. The number of hydrogen-bond donors (Lipinski definition) is 0. The second-order valence-electron chi connectivity index (χ2n) is 3.26. The van der Waals surface area contributed by atoms with E-state index in [1.165, 1.54) is 0 Å². The molecule has 4 heteroatoms. The standard InChI is InChI=1S/C10H9ClINO/c1-6-5-9(14-13-6)10-7(11)3-2-4-8(10)12/h2-4,9H,5H2,1H3. The van der Waals surface area contributed by atoms with E-state index in [4.69, 9.17) is 16.4 Å². The summed E-state index contributed by atoms with van der Waals surface area (Å²) in [6.45, 7) is 1.96. The molecule has 0 radical (unpaired) electrons. The molecule has 74 valence electrons. The van der Waals surface area contributed by atoms with Gasteiger partial charge < -0.3 is 4.84 Å². The van der Waals surface area contributed by atoms with Crippen LogP contribution in [-0.4, -0.2) is 5.71 Å². The molecule has 1 aliphatic heterocycles. The van der Waals surface area contributed by atoms with Crippen molar-refractivity contribution in [3.8, 4) is 0 Å². The molecular formula is C10H9ClINO. The minimum Gasteiger partial charge on any atom is -0.387 e. The first kappa shape index (κ1) is 10.2. The average Bonchev–Trinajstić information content (AvgIpc) is 2.51. The maximum atomic E-state index is 6.12. The van der Waals surface area contributed by atoms with Crippen molar-refractivity contribution in [2.45, 2.75) is 19.4 Å². The molecule has 1 heterocycles. The molecule has 0 aromatic heterocycles. The molecule has 1 aromatic carbocycles. The Labute approximate surface area is 101 Å². The normalized spacial score (nSPS) is 20.5. The molecule has 1 unspecified atom stereocenters. The zero-order valence-corrected chi connectivity index (χ0v) is 10.5. The van der Waals surface area contributed by atoms with Crippen molar-refractivity contribution in [2.75, 3.05) is 0 Å². The quantitative estimate of drug-likeness (QED) is 0.721. The van der Waals surface area contributed by atoms with Gasteiger partial charge in [-0.25, -0.2) is 0 Å². The summed E-state index contributed by atoms with van der Waals surface area (Å²) in [5.74, 6) is 0. The lowest BCUT2D eigenvalue weighted by molar-refractivity contribution is 0.0852. The van der Waals surface area contributed by atoms with Crippen molar-refractivity contribution in [3.63, 3.8) is 0 Å². The fourth-order valence-corrected chi connectivity index (χ4v) is 2.77. The van der Waals surface area contributed by atoms with Crippen molar-refractivity contribution in [3.05, 3.63) is 32.4 Å². The molecule has 1 aromatic rings. The first-order valence-corrected chi connectivity index (χ1v) is 5.77. The van der Waals surface area contributed by atoms with Crippen LogP contribution in [0.15, 0.2) is 23.4 Å². The second kappa shape index (κ2) is 4.06. The minimum atomic E-state index is -0.00407. The molecule has 1 aliphatic rings. The van der Waals surface area contributed by atoms with Crippen LogP contribution >= 0.6 is 34.2 Å². The summed E-state index contributed by atoms with van der Waals surface area (Å²) in [7, 11) is 0. The summed E-state index contributed by atoms with van der Waals surface area (Å²) in [5, 5.41) is 4.69. The highest BCUT2D eigenvalue weighted by atomic mass is 127. The topological polar surface area (TPSA) is 21.6 Å². The van der Waals surface area contributed by atoms with Gasteiger partial charge in [-0.05, 0) is 41.6 Å². The van der Waals surface area contributed by atoms with Gasteiger partial charge in [0.15, 0.2) is 6.10 Å².